The van der Waals surface area contributed by atoms with Crippen LogP contribution in [0, 0.1) is 5.92 Å². The molecule has 0 heterocycles. The molecule has 0 aliphatic heterocycles. The number of aromatic carboxylic acids is 1. The highest BCUT2D eigenvalue weighted by Gasteiger charge is 2.24. The van der Waals surface area contributed by atoms with Crippen LogP contribution >= 0.6 is 0 Å². The molecule has 1 amide bonds. The molecular weight excluding hydrogens is 274 g/mol. The third kappa shape index (κ3) is 3.11. The van der Waals surface area contributed by atoms with E-state index in [-0.39, 0.29) is 28.5 Å². The van der Waals surface area contributed by atoms with Gasteiger partial charge in [-0.15, -0.1) is 0 Å². The molecule has 1 aliphatic carbocycles. The third-order valence-electron chi connectivity index (χ3n) is 3.22. The van der Waals surface area contributed by atoms with Crippen molar-refractivity contribution in [3.8, 4) is 0 Å². The molecule has 0 saturated heterocycles. The molecule has 110 valence electrons. The summed E-state index contributed by atoms with van der Waals surface area (Å²) >= 11 is 0. The molecule has 2 unspecified atom stereocenters. The molecule has 4 N–H and O–H groups in total. The number of carbonyl (C=O) groups excluding carboxylic acids is 1. The molecule has 0 saturated carbocycles. The summed E-state index contributed by atoms with van der Waals surface area (Å²) in [4.78, 5) is 23.2. The number of aliphatic hydroxyl groups excluding tert-OH is 2. The highest BCUT2D eigenvalue weighted by atomic mass is 16.4. The van der Waals surface area contributed by atoms with Crippen molar-refractivity contribution in [2.75, 3.05) is 5.32 Å². The number of rotatable bonds is 3. The number of carbonyl (C=O) groups is 2. The maximum absolute atomic E-state index is 12.2. The van der Waals surface area contributed by atoms with Gasteiger partial charge in [-0.25, -0.2) is 4.79 Å². The number of carboxylic acids is 1. The largest absolute Gasteiger partial charge is 0.507 e. The number of amides is 1. The van der Waals surface area contributed by atoms with Gasteiger partial charge < -0.3 is 20.6 Å². The lowest BCUT2D eigenvalue weighted by Gasteiger charge is -2.20. The summed E-state index contributed by atoms with van der Waals surface area (Å²) < 4.78 is 0. The number of carboxylic acid groups (broad SMARTS) is 1. The molecule has 0 radical (unpaired) electrons. The van der Waals surface area contributed by atoms with Crippen LogP contribution in [0.4, 0.5) is 5.69 Å². The normalized spacial score (nSPS) is 21.2. The summed E-state index contributed by atoms with van der Waals surface area (Å²) in [7, 11) is 0. The average molecular weight is 289 g/mol. The van der Waals surface area contributed by atoms with Gasteiger partial charge in [0.05, 0.1) is 22.9 Å². The Labute approximate surface area is 121 Å². The molecular formula is C15H15NO5. The van der Waals surface area contributed by atoms with E-state index in [1.165, 1.54) is 24.3 Å². The van der Waals surface area contributed by atoms with Gasteiger partial charge in [0.15, 0.2) is 0 Å². The molecule has 1 aromatic carbocycles. The maximum Gasteiger partial charge on any atom is 0.337 e. The van der Waals surface area contributed by atoms with Crippen molar-refractivity contribution in [2.24, 2.45) is 5.92 Å². The number of benzene rings is 1. The van der Waals surface area contributed by atoms with Crippen molar-refractivity contribution in [3.63, 3.8) is 0 Å². The number of aliphatic hydroxyl groups is 2. The summed E-state index contributed by atoms with van der Waals surface area (Å²) in [6, 6.07) is 5.98. The monoisotopic (exact) mass is 289 g/mol. The Morgan fingerprint density at radius 1 is 1.19 bits per heavy atom. The van der Waals surface area contributed by atoms with Crippen LogP contribution in [0.5, 0.6) is 0 Å². The van der Waals surface area contributed by atoms with Crippen LogP contribution in [0.1, 0.15) is 17.3 Å². The zero-order valence-electron chi connectivity index (χ0n) is 11.3. The van der Waals surface area contributed by atoms with E-state index in [0.717, 1.165) is 0 Å². The quantitative estimate of drug-likeness (QED) is 0.677. The minimum absolute atomic E-state index is 0.00740. The van der Waals surface area contributed by atoms with Crippen LogP contribution in [0.25, 0.3) is 0 Å². The first kappa shape index (κ1) is 14.8. The van der Waals surface area contributed by atoms with Crippen molar-refractivity contribution in [1.29, 1.82) is 0 Å². The lowest BCUT2D eigenvalue weighted by atomic mass is 9.93. The summed E-state index contributed by atoms with van der Waals surface area (Å²) in [5, 5.41) is 30.8. The van der Waals surface area contributed by atoms with E-state index in [0.29, 0.717) is 0 Å². The van der Waals surface area contributed by atoms with Crippen molar-refractivity contribution >= 4 is 17.6 Å². The Morgan fingerprint density at radius 3 is 2.52 bits per heavy atom. The first-order valence-electron chi connectivity index (χ1n) is 6.35. The fourth-order valence-electron chi connectivity index (χ4n) is 2.01. The van der Waals surface area contributed by atoms with Gasteiger partial charge in [0, 0.05) is 5.92 Å². The number of hydrogen-bond donors (Lipinski definition) is 4. The van der Waals surface area contributed by atoms with Crippen molar-refractivity contribution in [3.05, 3.63) is 53.3 Å². The first-order chi connectivity index (χ1) is 9.90. The van der Waals surface area contributed by atoms with Crippen LogP contribution in [0.2, 0.25) is 0 Å². The molecule has 0 aromatic heterocycles. The van der Waals surface area contributed by atoms with E-state index in [1.54, 1.807) is 19.1 Å². The van der Waals surface area contributed by atoms with E-state index >= 15 is 0 Å². The summed E-state index contributed by atoms with van der Waals surface area (Å²) in [5.74, 6) is -2.44. The second kappa shape index (κ2) is 5.80. The topological polar surface area (TPSA) is 107 Å². The highest BCUT2D eigenvalue weighted by Crippen LogP contribution is 2.24. The van der Waals surface area contributed by atoms with Crippen LogP contribution in [0.3, 0.4) is 0 Å². The van der Waals surface area contributed by atoms with Crippen LogP contribution in [-0.4, -0.2) is 33.3 Å². The number of hydrogen-bond acceptors (Lipinski definition) is 4. The number of anilines is 1. The van der Waals surface area contributed by atoms with Crippen LogP contribution in [0.15, 0.2) is 47.7 Å². The predicted octanol–water partition coefficient (Wildman–Crippen LogP) is 1.70. The van der Waals surface area contributed by atoms with Crippen LogP contribution < -0.4 is 5.32 Å². The van der Waals surface area contributed by atoms with Gasteiger partial charge >= 0.3 is 5.97 Å². The minimum atomic E-state index is -1.16. The molecule has 0 fully saturated rings. The molecule has 6 heteroatoms. The first-order valence-corrected chi connectivity index (χ1v) is 6.35. The highest BCUT2D eigenvalue weighted by molar-refractivity contribution is 6.09. The Morgan fingerprint density at radius 2 is 1.86 bits per heavy atom. The van der Waals surface area contributed by atoms with Crippen molar-refractivity contribution < 1.29 is 24.9 Å². The molecule has 2 rings (SSSR count). The molecule has 2 atom stereocenters. The van der Waals surface area contributed by atoms with E-state index in [4.69, 9.17) is 5.11 Å². The van der Waals surface area contributed by atoms with Crippen LogP contribution in [-0.2, 0) is 4.79 Å². The average Bonchev–Trinajstić information content (AvgIpc) is 2.43. The molecule has 21 heavy (non-hydrogen) atoms. The second-order valence-electron chi connectivity index (χ2n) is 4.79. The zero-order chi connectivity index (χ0) is 15.6. The molecule has 6 nitrogen and oxygen atoms in total. The molecule has 0 spiro atoms. The van der Waals surface area contributed by atoms with E-state index in [1.807, 2.05) is 0 Å². The van der Waals surface area contributed by atoms with E-state index < -0.39 is 18.0 Å². The van der Waals surface area contributed by atoms with Gasteiger partial charge in [-0.1, -0.05) is 25.1 Å². The Bertz CT molecular complexity index is 647. The smallest absolute Gasteiger partial charge is 0.337 e. The Balaban J connectivity index is 2.25. The van der Waals surface area contributed by atoms with Gasteiger partial charge in [-0.3, -0.25) is 4.79 Å². The van der Waals surface area contributed by atoms with Gasteiger partial charge in [0.2, 0.25) is 0 Å². The Kier molecular flexibility index (Phi) is 4.09. The van der Waals surface area contributed by atoms with Gasteiger partial charge in [-0.2, -0.15) is 0 Å². The van der Waals surface area contributed by atoms with Crippen molar-refractivity contribution in [1.82, 2.24) is 0 Å². The van der Waals surface area contributed by atoms with Crippen molar-refractivity contribution in [2.45, 2.75) is 13.0 Å². The van der Waals surface area contributed by atoms with Gasteiger partial charge in [0.1, 0.15) is 5.76 Å². The summed E-state index contributed by atoms with van der Waals surface area (Å²) in [6.07, 6.45) is 1.77. The fourth-order valence-corrected chi connectivity index (χ4v) is 2.01. The van der Waals surface area contributed by atoms with E-state index in [9.17, 15) is 19.8 Å². The van der Waals surface area contributed by atoms with E-state index in [2.05, 4.69) is 5.32 Å². The molecule has 1 aromatic rings. The zero-order valence-corrected chi connectivity index (χ0v) is 11.3. The Hall–Kier alpha value is -2.60. The maximum atomic E-state index is 12.2. The number of para-hydroxylation sites is 1. The summed E-state index contributed by atoms with van der Waals surface area (Å²) in [5.41, 5.74) is 0.106. The third-order valence-corrected chi connectivity index (χ3v) is 3.22. The van der Waals surface area contributed by atoms with Gasteiger partial charge in [0.25, 0.3) is 5.91 Å². The molecule has 1 aliphatic rings. The SMILES string of the molecule is CC1C=C(C(=O)Nc2ccccc2C(=O)O)C(O)=CC1O. The lowest BCUT2D eigenvalue weighted by Crippen LogP contribution is -2.25. The predicted molar refractivity (Wildman–Crippen MR) is 76.0 cm³/mol. The summed E-state index contributed by atoms with van der Waals surface area (Å²) in [6.45, 7) is 1.70. The lowest BCUT2D eigenvalue weighted by molar-refractivity contribution is -0.112. The number of nitrogens with one attached hydrogen (secondary N) is 1. The standard InChI is InChI=1S/C15H15NO5/c1-8-6-10(13(18)7-12(8)17)14(19)16-11-5-3-2-4-9(11)15(20)21/h2-8,12,17-18H,1H3,(H,16,19)(H,20,21). The minimum Gasteiger partial charge on any atom is -0.507 e. The second-order valence-corrected chi connectivity index (χ2v) is 4.79. The molecule has 0 bridgehead atoms. The fraction of sp³-hybridized carbons (Fsp3) is 0.200. The van der Waals surface area contributed by atoms with Gasteiger partial charge in [-0.05, 0) is 18.2 Å².